The van der Waals surface area contributed by atoms with Crippen molar-refractivity contribution in [2.45, 2.75) is 18.6 Å². The van der Waals surface area contributed by atoms with Gasteiger partial charge in [0.25, 0.3) is 0 Å². The van der Waals surface area contributed by atoms with Gasteiger partial charge < -0.3 is 4.90 Å². The molecule has 2 heterocycles. The zero-order valence-electron chi connectivity index (χ0n) is 9.79. The van der Waals surface area contributed by atoms with Gasteiger partial charge in [-0.25, -0.2) is 4.98 Å². The molecular weight excluding hydrogens is 250 g/mol. The highest BCUT2D eigenvalue weighted by atomic mass is 32.2. The Balaban J connectivity index is 2.22. The average molecular weight is 261 g/mol. The second-order valence-electron chi connectivity index (χ2n) is 3.92. The predicted molar refractivity (Wildman–Crippen MR) is 68.0 cm³/mol. The van der Waals surface area contributed by atoms with Crippen molar-refractivity contribution < 1.29 is 9.59 Å². The largest absolute Gasteiger partial charge is 0.308 e. The number of carbonyl (C=O) groups excluding carboxylic acids is 2. The van der Waals surface area contributed by atoms with Crippen molar-refractivity contribution >= 4 is 28.5 Å². The van der Waals surface area contributed by atoms with E-state index in [1.165, 1.54) is 29.8 Å². The number of amides is 1. The number of rotatable bonds is 2. The lowest BCUT2D eigenvalue weighted by Crippen LogP contribution is -2.26. The first-order valence-corrected chi connectivity index (χ1v) is 6.32. The van der Waals surface area contributed by atoms with Crippen LogP contribution in [0.1, 0.15) is 19.0 Å². The Labute approximate surface area is 109 Å². The summed E-state index contributed by atoms with van der Waals surface area (Å²) in [5.74, 6) is -0.0711. The molecule has 0 bridgehead atoms. The summed E-state index contributed by atoms with van der Waals surface area (Å²) in [6, 6.07) is 5.36. The lowest BCUT2D eigenvalue weighted by atomic mass is 10.3. The summed E-state index contributed by atoms with van der Waals surface area (Å²) in [7, 11) is 0. The van der Waals surface area contributed by atoms with Gasteiger partial charge in [0, 0.05) is 31.3 Å². The third-order valence-electron chi connectivity index (χ3n) is 2.61. The molecule has 1 saturated heterocycles. The zero-order chi connectivity index (χ0) is 13.1. The van der Waals surface area contributed by atoms with Crippen molar-refractivity contribution in [3.63, 3.8) is 0 Å². The Morgan fingerprint density at radius 2 is 2.44 bits per heavy atom. The highest BCUT2D eigenvalue weighted by Gasteiger charge is 2.33. The monoisotopic (exact) mass is 261 g/mol. The van der Waals surface area contributed by atoms with Crippen molar-refractivity contribution in [3.8, 4) is 6.07 Å². The van der Waals surface area contributed by atoms with E-state index in [4.69, 9.17) is 5.26 Å². The molecule has 1 aromatic heterocycles. The van der Waals surface area contributed by atoms with Crippen LogP contribution in [0.4, 0.5) is 5.69 Å². The lowest BCUT2D eigenvalue weighted by molar-refractivity contribution is -0.117. The molecule has 1 aliphatic heterocycles. The molecule has 0 aromatic carbocycles. The van der Waals surface area contributed by atoms with Gasteiger partial charge in [0.15, 0.2) is 10.8 Å². The summed E-state index contributed by atoms with van der Waals surface area (Å²) in [4.78, 5) is 28.4. The van der Waals surface area contributed by atoms with Crippen molar-refractivity contribution in [2.75, 3.05) is 11.4 Å². The molecule has 1 aliphatic rings. The Hall–Kier alpha value is -1.87. The topological polar surface area (TPSA) is 74.1 Å². The van der Waals surface area contributed by atoms with Gasteiger partial charge in [-0.1, -0.05) is 11.8 Å². The van der Waals surface area contributed by atoms with Crippen LogP contribution in [-0.4, -0.2) is 27.8 Å². The van der Waals surface area contributed by atoms with E-state index < -0.39 is 0 Å². The summed E-state index contributed by atoms with van der Waals surface area (Å²) in [6.07, 6.45) is 1.84. The minimum absolute atomic E-state index is 0.00124. The van der Waals surface area contributed by atoms with Crippen molar-refractivity contribution in [2.24, 2.45) is 0 Å². The van der Waals surface area contributed by atoms with Gasteiger partial charge in [0.1, 0.15) is 6.07 Å². The number of nitriles is 1. The smallest absolute Gasteiger partial charge is 0.228 e. The molecule has 0 saturated carbocycles. The third-order valence-corrected chi connectivity index (χ3v) is 3.59. The Morgan fingerprint density at radius 1 is 1.67 bits per heavy atom. The average Bonchev–Trinajstić information content (AvgIpc) is 2.69. The van der Waals surface area contributed by atoms with Gasteiger partial charge in [-0.2, -0.15) is 5.26 Å². The number of pyridine rings is 1. The molecule has 0 radical (unpaired) electrons. The molecule has 0 aliphatic carbocycles. The first kappa shape index (κ1) is 12.6. The Bertz CT molecular complexity index is 538. The molecule has 1 atom stereocenters. The van der Waals surface area contributed by atoms with Crippen LogP contribution in [0.3, 0.4) is 0 Å². The van der Waals surface area contributed by atoms with Gasteiger partial charge in [-0.05, 0) is 12.1 Å². The van der Waals surface area contributed by atoms with E-state index in [1.54, 1.807) is 12.1 Å². The summed E-state index contributed by atoms with van der Waals surface area (Å²) in [5.41, 5.74) is 0.760. The lowest BCUT2D eigenvalue weighted by Gasteiger charge is -2.16. The van der Waals surface area contributed by atoms with Gasteiger partial charge in [-0.3, -0.25) is 9.59 Å². The maximum absolute atomic E-state index is 11.9. The predicted octanol–water partition coefficient (Wildman–Crippen LogP) is 1.34. The minimum Gasteiger partial charge on any atom is -0.308 e. The maximum atomic E-state index is 11.9. The number of thioether (sulfide) groups is 1. The van der Waals surface area contributed by atoms with Gasteiger partial charge in [-0.15, -0.1) is 0 Å². The molecule has 1 fully saturated rings. The van der Waals surface area contributed by atoms with E-state index in [0.717, 1.165) is 0 Å². The summed E-state index contributed by atoms with van der Waals surface area (Å²) in [6.45, 7) is 1.94. The normalized spacial score (nSPS) is 18.8. The molecule has 18 heavy (non-hydrogen) atoms. The zero-order valence-corrected chi connectivity index (χ0v) is 10.6. The standard InChI is InChI=1S/C12H11N3O2S/c1-8(16)18-9-5-12(17)15(7-9)11-3-2-4-14-10(11)6-13/h2-4,9H,5,7H2,1H3. The van der Waals surface area contributed by atoms with E-state index in [9.17, 15) is 9.59 Å². The Kier molecular flexibility index (Phi) is 3.63. The van der Waals surface area contributed by atoms with E-state index in [1.807, 2.05) is 6.07 Å². The van der Waals surface area contributed by atoms with E-state index in [0.29, 0.717) is 18.7 Å². The van der Waals surface area contributed by atoms with Gasteiger partial charge in [0.05, 0.1) is 5.69 Å². The van der Waals surface area contributed by atoms with Crippen LogP contribution >= 0.6 is 11.8 Å². The van der Waals surface area contributed by atoms with Crippen LogP contribution in [0.2, 0.25) is 0 Å². The third kappa shape index (κ3) is 2.51. The fourth-order valence-corrected chi connectivity index (χ4v) is 2.84. The van der Waals surface area contributed by atoms with E-state index in [2.05, 4.69) is 4.98 Å². The van der Waals surface area contributed by atoms with E-state index >= 15 is 0 Å². The summed E-state index contributed by atoms with van der Waals surface area (Å²) >= 11 is 1.17. The molecule has 92 valence electrons. The highest BCUT2D eigenvalue weighted by molar-refractivity contribution is 8.14. The number of hydrogen-bond donors (Lipinski definition) is 0. The van der Waals surface area contributed by atoms with Gasteiger partial charge >= 0.3 is 0 Å². The van der Waals surface area contributed by atoms with Crippen LogP contribution in [0.15, 0.2) is 18.3 Å². The number of carbonyl (C=O) groups is 2. The molecular formula is C12H11N3O2S. The summed E-state index contributed by atoms with van der Waals surface area (Å²) < 4.78 is 0. The molecule has 0 spiro atoms. The quantitative estimate of drug-likeness (QED) is 0.803. The number of aromatic nitrogens is 1. The molecule has 6 heteroatoms. The second-order valence-corrected chi connectivity index (χ2v) is 5.40. The maximum Gasteiger partial charge on any atom is 0.228 e. The van der Waals surface area contributed by atoms with Crippen LogP contribution in [0.25, 0.3) is 0 Å². The minimum atomic E-state index is -0.0711. The number of nitrogens with zero attached hydrogens (tertiary/aromatic N) is 3. The van der Waals surface area contributed by atoms with E-state index in [-0.39, 0.29) is 22.0 Å². The molecule has 1 aromatic rings. The second kappa shape index (κ2) is 5.19. The number of anilines is 1. The molecule has 2 rings (SSSR count). The number of hydrogen-bond acceptors (Lipinski definition) is 5. The molecule has 0 N–H and O–H groups in total. The highest BCUT2D eigenvalue weighted by Crippen LogP contribution is 2.29. The molecule has 1 amide bonds. The van der Waals surface area contributed by atoms with Crippen molar-refractivity contribution in [1.82, 2.24) is 4.98 Å². The fraction of sp³-hybridized carbons (Fsp3) is 0.333. The van der Waals surface area contributed by atoms with Crippen molar-refractivity contribution in [1.29, 1.82) is 5.26 Å². The summed E-state index contributed by atoms with van der Waals surface area (Å²) in [5, 5.41) is 8.93. The molecule has 5 nitrogen and oxygen atoms in total. The van der Waals surface area contributed by atoms with Crippen LogP contribution < -0.4 is 4.90 Å². The first-order chi connectivity index (χ1) is 8.61. The molecule has 1 unspecified atom stereocenters. The van der Waals surface area contributed by atoms with Crippen molar-refractivity contribution in [3.05, 3.63) is 24.0 Å². The van der Waals surface area contributed by atoms with Crippen LogP contribution in [-0.2, 0) is 9.59 Å². The SMILES string of the molecule is CC(=O)SC1CC(=O)N(c2cccnc2C#N)C1. The van der Waals surface area contributed by atoms with Gasteiger partial charge in [0.2, 0.25) is 5.91 Å². The van der Waals surface area contributed by atoms with Crippen LogP contribution in [0.5, 0.6) is 0 Å². The Morgan fingerprint density at radius 3 is 3.11 bits per heavy atom. The first-order valence-electron chi connectivity index (χ1n) is 5.44. The van der Waals surface area contributed by atoms with Crippen LogP contribution in [0, 0.1) is 11.3 Å². The fourth-order valence-electron chi connectivity index (χ4n) is 1.92.